The molecule has 1 aliphatic rings. The SMILES string of the molecule is COC(=O)C(C)CN(Cc1ccccc1)C(=O)c1ccc2c(c1)CCO2. The highest BCUT2D eigenvalue weighted by Gasteiger charge is 2.24. The van der Waals surface area contributed by atoms with E-state index in [-0.39, 0.29) is 11.9 Å². The van der Waals surface area contributed by atoms with Crippen molar-refractivity contribution in [1.29, 1.82) is 0 Å². The van der Waals surface area contributed by atoms with Crippen molar-refractivity contribution in [3.8, 4) is 5.75 Å². The van der Waals surface area contributed by atoms with Crippen LogP contribution in [0.2, 0.25) is 0 Å². The summed E-state index contributed by atoms with van der Waals surface area (Å²) in [5.74, 6) is 0.0297. The number of carbonyl (C=O) groups is 2. The maximum atomic E-state index is 13.1. The molecule has 0 bridgehead atoms. The molecule has 3 rings (SSSR count). The third-order valence-corrected chi connectivity index (χ3v) is 4.54. The lowest BCUT2D eigenvalue weighted by molar-refractivity contribution is -0.145. The van der Waals surface area contributed by atoms with Crippen LogP contribution in [0.3, 0.4) is 0 Å². The number of esters is 1. The van der Waals surface area contributed by atoms with E-state index in [0.717, 1.165) is 23.3 Å². The molecule has 0 aliphatic carbocycles. The van der Waals surface area contributed by atoms with Crippen LogP contribution in [0.5, 0.6) is 5.75 Å². The smallest absolute Gasteiger partial charge is 0.310 e. The Kier molecular flexibility index (Phi) is 5.56. The summed E-state index contributed by atoms with van der Waals surface area (Å²) in [6.45, 7) is 3.16. The van der Waals surface area contributed by atoms with E-state index in [1.165, 1.54) is 7.11 Å². The number of amides is 1. The summed E-state index contributed by atoms with van der Waals surface area (Å²) in [7, 11) is 1.36. The zero-order chi connectivity index (χ0) is 18.5. The number of methoxy groups -OCH3 is 1. The Bertz CT molecular complexity index is 788. The summed E-state index contributed by atoms with van der Waals surface area (Å²) in [5.41, 5.74) is 2.68. The molecule has 1 atom stereocenters. The molecular formula is C21H23NO4. The lowest BCUT2D eigenvalue weighted by Crippen LogP contribution is -2.36. The van der Waals surface area contributed by atoms with Gasteiger partial charge in [0, 0.05) is 25.1 Å². The Morgan fingerprint density at radius 2 is 1.96 bits per heavy atom. The largest absolute Gasteiger partial charge is 0.493 e. The molecule has 0 fully saturated rings. The number of nitrogens with zero attached hydrogens (tertiary/aromatic N) is 1. The van der Waals surface area contributed by atoms with Crippen LogP contribution in [-0.2, 0) is 22.5 Å². The maximum Gasteiger partial charge on any atom is 0.310 e. The number of rotatable bonds is 6. The van der Waals surface area contributed by atoms with Gasteiger partial charge in [-0.15, -0.1) is 0 Å². The molecule has 1 unspecified atom stereocenters. The van der Waals surface area contributed by atoms with Gasteiger partial charge in [0.1, 0.15) is 5.75 Å². The summed E-state index contributed by atoms with van der Waals surface area (Å²) in [6.07, 6.45) is 0.813. The zero-order valence-electron chi connectivity index (χ0n) is 15.1. The van der Waals surface area contributed by atoms with E-state index < -0.39 is 5.92 Å². The summed E-state index contributed by atoms with van der Waals surface area (Å²) < 4.78 is 10.3. The monoisotopic (exact) mass is 353 g/mol. The molecule has 26 heavy (non-hydrogen) atoms. The van der Waals surface area contributed by atoms with Crippen LogP contribution in [0, 0.1) is 5.92 Å². The first kappa shape index (κ1) is 18.0. The van der Waals surface area contributed by atoms with Crippen LogP contribution in [0.4, 0.5) is 0 Å². The van der Waals surface area contributed by atoms with Crippen molar-refractivity contribution in [2.75, 3.05) is 20.3 Å². The van der Waals surface area contributed by atoms with Gasteiger partial charge in [0.25, 0.3) is 5.91 Å². The number of benzene rings is 2. The highest BCUT2D eigenvalue weighted by atomic mass is 16.5. The number of ether oxygens (including phenoxy) is 2. The highest BCUT2D eigenvalue weighted by Crippen LogP contribution is 2.26. The zero-order valence-corrected chi connectivity index (χ0v) is 15.1. The van der Waals surface area contributed by atoms with E-state index in [1.54, 1.807) is 17.9 Å². The van der Waals surface area contributed by atoms with Gasteiger partial charge in [-0.25, -0.2) is 0 Å². The average Bonchev–Trinajstić information content (AvgIpc) is 3.14. The van der Waals surface area contributed by atoms with Gasteiger partial charge < -0.3 is 14.4 Å². The lowest BCUT2D eigenvalue weighted by Gasteiger charge is -2.25. The molecule has 2 aromatic rings. The van der Waals surface area contributed by atoms with E-state index in [9.17, 15) is 9.59 Å². The summed E-state index contributed by atoms with van der Waals surface area (Å²) in [4.78, 5) is 26.7. The third-order valence-electron chi connectivity index (χ3n) is 4.54. The maximum absolute atomic E-state index is 13.1. The lowest BCUT2D eigenvalue weighted by atomic mass is 10.1. The number of fused-ring (bicyclic) bond motifs is 1. The quantitative estimate of drug-likeness (QED) is 0.749. The number of hydrogen-bond donors (Lipinski definition) is 0. The van der Waals surface area contributed by atoms with Gasteiger partial charge in [-0.05, 0) is 29.3 Å². The van der Waals surface area contributed by atoms with Gasteiger partial charge in [-0.2, -0.15) is 0 Å². The fraction of sp³-hybridized carbons (Fsp3) is 0.333. The van der Waals surface area contributed by atoms with Crippen LogP contribution in [0.25, 0.3) is 0 Å². The van der Waals surface area contributed by atoms with Crippen molar-refractivity contribution in [3.63, 3.8) is 0 Å². The second-order valence-electron chi connectivity index (χ2n) is 6.52. The molecule has 5 nitrogen and oxygen atoms in total. The molecule has 0 aromatic heterocycles. The minimum atomic E-state index is -0.398. The minimum Gasteiger partial charge on any atom is -0.493 e. The molecular weight excluding hydrogens is 330 g/mol. The fourth-order valence-corrected chi connectivity index (χ4v) is 3.13. The molecule has 0 spiro atoms. The van der Waals surface area contributed by atoms with Crippen molar-refractivity contribution in [3.05, 3.63) is 65.2 Å². The molecule has 0 N–H and O–H groups in total. The topological polar surface area (TPSA) is 55.8 Å². The van der Waals surface area contributed by atoms with Crippen LogP contribution in [0.1, 0.15) is 28.4 Å². The van der Waals surface area contributed by atoms with Gasteiger partial charge >= 0.3 is 5.97 Å². The first-order chi connectivity index (χ1) is 12.6. The Labute approximate surface area is 153 Å². The Morgan fingerprint density at radius 3 is 2.69 bits per heavy atom. The Morgan fingerprint density at radius 1 is 1.19 bits per heavy atom. The van der Waals surface area contributed by atoms with Crippen LogP contribution in [0.15, 0.2) is 48.5 Å². The molecule has 0 radical (unpaired) electrons. The minimum absolute atomic E-state index is 0.0979. The Balaban J connectivity index is 1.83. The molecule has 0 saturated carbocycles. The van der Waals surface area contributed by atoms with E-state index >= 15 is 0 Å². The molecule has 1 amide bonds. The van der Waals surface area contributed by atoms with Crippen molar-refractivity contribution < 1.29 is 19.1 Å². The second-order valence-corrected chi connectivity index (χ2v) is 6.52. The van der Waals surface area contributed by atoms with E-state index in [2.05, 4.69) is 0 Å². The molecule has 1 aliphatic heterocycles. The Hall–Kier alpha value is -2.82. The van der Waals surface area contributed by atoms with Crippen molar-refractivity contribution in [2.24, 2.45) is 5.92 Å². The van der Waals surface area contributed by atoms with Crippen LogP contribution in [-0.4, -0.2) is 37.0 Å². The predicted octanol–water partition coefficient (Wildman–Crippen LogP) is 3.07. The van der Waals surface area contributed by atoms with Crippen molar-refractivity contribution in [1.82, 2.24) is 4.90 Å². The predicted molar refractivity (Wildman–Crippen MR) is 98.0 cm³/mol. The van der Waals surface area contributed by atoms with Gasteiger partial charge in [0.2, 0.25) is 0 Å². The van der Waals surface area contributed by atoms with Gasteiger partial charge in [-0.1, -0.05) is 37.3 Å². The summed E-state index contributed by atoms with van der Waals surface area (Å²) in [5, 5.41) is 0. The molecule has 0 saturated heterocycles. The molecule has 5 heteroatoms. The molecule has 2 aromatic carbocycles. The van der Waals surface area contributed by atoms with Crippen molar-refractivity contribution in [2.45, 2.75) is 19.9 Å². The van der Waals surface area contributed by atoms with E-state index in [0.29, 0.717) is 25.3 Å². The summed E-state index contributed by atoms with van der Waals surface area (Å²) in [6, 6.07) is 15.3. The van der Waals surface area contributed by atoms with Gasteiger partial charge in [0.15, 0.2) is 0 Å². The van der Waals surface area contributed by atoms with Gasteiger partial charge in [-0.3, -0.25) is 9.59 Å². The highest BCUT2D eigenvalue weighted by molar-refractivity contribution is 5.95. The van der Waals surface area contributed by atoms with Gasteiger partial charge in [0.05, 0.1) is 19.6 Å². The van der Waals surface area contributed by atoms with E-state index in [4.69, 9.17) is 9.47 Å². The first-order valence-electron chi connectivity index (χ1n) is 8.75. The third kappa shape index (κ3) is 4.04. The van der Waals surface area contributed by atoms with Crippen molar-refractivity contribution >= 4 is 11.9 Å². The standard InChI is InChI=1S/C21H23NO4/c1-15(21(24)25-2)13-22(14-16-6-4-3-5-7-16)20(23)18-8-9-19-17(12-18)10-11-26-19/h3-9,12,15H,10-11,13-14H2,1-2H3. The average molecular weight is 353 g/mol. The van der Waals surface area contributed by atoms with Crippen LogP contribution < -0.4 is 4.74 Å². The fourth-order valence-electron chi connectivity index (χ4n) is 3.13. The normalized spacial score (nSPS) is 13.5. The summed E-state index contributed by atoms with van der Waals surface area (Å²) >= 11 is 0. The van der Waals surface area contributed by atoms with E-state index in [1.807, 2.05) is 42.5 Å². The van der Waals surface area contributed by atoms with Crippen LogP contribution >= 0.6 is 0 Å². The molecule has 136 valence electrons. The first-order valence-corrected chi connectivity index (χ1v) is 8.75. The second kappa shape index (κ2) is 8.04. The number of carbonyl (C=O) groups excluding carboxylic acids is 2. The number of hydrogen-bond acceptors (Lipinski definition) is 4. The molecule has 1 heterocycles.